The third-order valence-electron chi connectivity index (χ3n) is 3.45. The van der Waals surface area contributed by atoms with E-state index in [0.717, 1.165) is 5.52 Å². The number of aromatic nitrogens is 2. The second kappa shape index (κ2) is 7.08. The molecule has 25 heavy (non-hydrogen) atoms. The van der Waals surface area contributed by atoms with Gasteiger partial charge in [0.15, 0.2) is 0 Å². The highest BCUT2D eigenvalue weighted by molar-refractivity contribution is 7.82. The van der Waals surface area contributed by atoms with Gasteiger partial charge in [0.05, 0.1) is 5.56 Å². The lowest BCUT2D eigenvalue weighted by Crippen LogP contribution is -2.35. The molecule has 2 N–H and O–H groups in total. The SMILES string of the molecule is CCN(C(=O)Nc1ccc(C(=O)O)cc1)c1ccc2nc(S)sc2n1. The number of thiol groups is 1. The summed E-state index contributed by atoms with van der Waals surface area (Å²) in [5.41, 5.74) is 1.40. The fourth-order valence-electron chi connectivity index (χ4n) is 2.24. The number of hydrogen-bond acceptors (Lipinski definition) is 6. The summed E-state index contributed by atoms with van der Waals surface area (Å²) < 4.78 is 0.616. The van der Waals surface area contributed by atoms with Crippen LogP contribution in [0, 0.1) is 0 Å². The molecule has 128 valence electrons. The van der Waals surface area contributed by atoms with E-state index in [-0.39, 0.29) is 11.6 Å². The Hall–Kier alpha value is -2.65. The van der Waals surface area contributed by atoms with Crippen LogP contribution in [0.25, 0.3) is 10.3 Å². The predicted molar refractivity (Wildman–Crippen MR) is 100 cm³/mol. The molecule has 2 heterocycles. The van der Waals surface area contributed by atoms with Crippen LogP contribution in [0.15, 0.2) is 40.7 Å². The summed E-state index contributed by atoms with van der Waals surface area (Å²) in [5.74, 6) is -0.509. The molecule has 9 heteroatoms. The molecule has 0 radical (unpaired) electrons. The number of pyridine rings is 1. The van der Waals surface area contributed by atoms with Crippen LogP contribution < -0.4 is 10.2 Å². The number of nitrogens with zero attached hydrogens (tertiary/aromatic N) is 3. The fraction of sp³-hybridized carbons (Fsp3) is 0.125. The maximum Gasteiger partial charge on any atom is 0.335 e. The van der Waals surface area contributed by atoms with Crippen molar-refractivity contribution in [1.29, 1.82) is 0 Å². The van der Waals surface area contributed by atoms with Gasteiger partial charge in [-0.1, -0.05) is 11.3 Å². The van der Waals surface area contributed by atoms with Crippen molar-refractivity contribution in [2.75, 3.05) is 16.8 Å². The van der Waals surface area contributed by atoms with E-state index < -0.39 is 5.97 Å². The Morgan fingerprint density at radius 1 is 1.20 bits per heavy atom. The van der Waals surface area contributed by atoms with Gasteiger partial charge < -0.3 is 10.4 Å². The van der Waals surface area contributed by atoms with Gasteiger partial charge in [-0.2, -0.15) is 0 Å². The van der Waals surface area contributed by atoms with Crippen molar-refractivity contribution >= 4 is 57.8 Å². The molecule has 2 aromatic heterocycles. The van der Waals surface area contributed by atoms with Crippen molar-refractivity contribution in [3.05, 3.63) is 42.0 Å². The summed E-state index contributed by atoms with van der Waals surface area (Å²) in [5, 5.41) is 11.6. The Morgan fingerprint density at radius 3 is 2.56 bits per heavy atom. The summed E-state index contributed by atoms with van der Waals surface area (Å²) in [6.07, 6.45) is 0. The smallest absolute Gasteiger partial charge is 0.335 e. The quantitative estimate of drug-likeness (QED) is 0.605. The number of carboxylic acid groups (broad SMARTS) is 1. The minimum atomic E-state index is -1.02. The zero-order valence-electron chi connectivity index (χ0n) is 13.1. The molecule has 7 nitrogen and oxygen atoms in total. The number of urea groups is 1. The van der Waals surface area contributed by atoms with Gasteiger partial charge in [0.1, 0.15) is 20.5 Å². The van der Waals surface area contributed by atoms with Gasteiger partial charge in [0.2, 0.25) is 0 Å². The molecule has 0 saturated heterocycles. The Kier molecular flexibility index (Phi) is 4.86. The zero-order chi connectivity index (χ0) is 18.0. The molecular formula is C16H14N4O3S2. The minimum absolute atomic E-state index is 0.158. The van der Waals surface area contributed by atoms with Crippen LogP contribution in [0.1, 0.15) is 17.3 Å². The number of fused-ring (bicyclic) bond motifs is 1. The summed E-state index contributed by atoms with van der Waals surface area (Å²) in [6, 6.07) is 9.13. The van der Waals surface area contributed by atoms with Gasteiger partial charge in [-0.15, -0.1) is 12.6 Å². The molecule has 0 aliphatic rings. The minimum Gasteiger partial charge on any atom is -0.478 e. The average molecular weight is 374 g/mol. The van der Waals surface area contributed by atoms with Crippen LogP contribution in [0.4, 0.5) is 16.3 Å². The molecule has 0 spiro atoms. The van der Waals surface area contributed by atoms with E-state index >= 15 is 0 Å². The van der Waals surface area contributed by atoms with Crippen LogP contribution in [0.5, 0.6) is 0 Å². The first kappa shape index (κ1) is 17.2. The number of amides is 2. The van der Waals surface area contributed by atoms with Crippen molar-refractivity contribution in [2.24, 2.45) is 0 Å². The standard InChI is InChI=1S/C16H14N4O3S2/c1-2-20(12-8-7-11-13(19-12)25-16(24)18-11)15(23)17-10-5-3-9(4-6-10)14(21)22/h3-8H,2H2,1H3,(H,17,23)(H,18,24)(H,21,22). The van der Waals surface area contributed by atoms with Crippen molar-refractivity contribution in [3.8, 4) is 0 Å². The number of aromatic carboxylic acids is 1. The van der Waals surface area contributed by atoms with Crippen molar-refractivity contribution in [3.63, 3.8) is 0 Å². The Labute approximate surface area is 152 Å². The molecule has 0 aliphatic carbocycles. The Bertz CT molecular complexity index is 940. The van der Waals surface area contributed by atoms with Gasteiger partial charge in [0.25, 0.3) is 0 Å². The summed E-state index contributed by atoms with van der Waals surface area (Å²) >= 11 is 5.56. The van der Waals surface area contributed by atoms with E-state index in [9.17, 15) is 9.59 Å². The molecule has 3 aromatic rings. The second-order valence-corrected chi connectivity index (χ2v) is 6.75. The van der Waals surface area contributed by atoms with E-state index in [4.69, 9.17) is 5.11 Å². The Balaban J connectivity index is 1.81. The maximum absolute atomic E-state index is 12.5. The highest BCUT2D eigenvalue weighted by atomic mass is 32.2. The number of rotatable bonds is 4. The third-order valence-corrected chi connectivity index (χ3v) is 4.59. The van der Waals surface area contributed by atoms with Gasteiger partial charge >= 0.3 is 12.0 Å². The number of nitrogens with one attached hydrogen (secondary N) is 1. The fourth-order valence-corrected chi connectivity index (χ4v) is 3.28. The third kappa shape index (κ3) is 3.72. The van der Waals surface area contributed by atoms with Crippen LogP contribution in [0.2, 0.25) is 0 Å². The van der Waals surface area contributed by atoms with Gasteiger partial charge in [0, 0.05) is 12.2 Å². The topological polar surface area (TPSA) is 95.4 Å². The molecule has 0 aliphatic heterocycles. The number of carbonyl (C=O) groups is 2. The van der Waals surface area contributed by atoms with Crippen molar-refractivity contribution in [2.45, 2.75) is 11.3 Å². The van der Waals surface area contributed by atoms with Gasteiger partial charge in [-0.05, 0) is 43.3 Å². The largest absolute Gasteiger partial charge is 0.478 e. The number of benzene rings is 1. The summed E-state index contributed by atoms with van der Waals surface area (Å²) in [6.45, 7) is 2.26. The summed E-state index contributed by atoms with van der Waals surface area (Å²) in [7, 11) is 0. The first-order valence-corrected chi connectivity index (χ1v) is 8.62. The molecule has 0 unspecified atom stereocenters. The predicted octanol–water partition coefficient (Wildman–Crippen LogP) is 3.74. The lowest BCUT2D eigenvalue weighted by molar-refractivity contribution is 0.0697. The van der Waals surface area contributed by atoms with Crippen LogP contribution in [-0.4, -0.2) is 33.6 Å². The van der Waals surface area contributed by atoms with E-state index in [0.29, 0.717) is 27.2 Å². The first-order chi connectivity index (χ1) is 12.0. The average Bonchev–Trinajstić information content (AvgIpc) is 2.95. The molecule has 2 amide bonds. The lowest BCUT2D eigenvalue weighted by atomic mass is 10.2. The normalized spacial score (nSPS) is 10.6. The monoisotopic (exact) mass is 374 g/mol. The van der Waals surface area contributed by atoms with E-state index in [1.807, 2.05) is 6.92 Å². The van der Waals surface area contributed by atoms with Crippen LogP contribution in [-0.2, 0) is 0 Å². The maximum atomic E-state index is 12.5. The van der Waals surface area contributed by atoms with Crippen LogP contribution in [0.3, 0.4) is 0 Å². The van der Waals surface area contributed by atoms with E-state index in [1.165, 1.54) is 28.4 Å². The van der Waals surface area contributed by atoms with Gasteiger partial charge in [-0.25, -0.2) is 19.6 Å². The molecule has 1 aromatic carbocycles. The number of hydrogen-bond donors (Lipinski definition) is 3. The number of carboxylic acids is 1. The van der Waals surface area contributed by atoms with E-state index in [1.54, 1.807) is 24.3 Å². The second-order valence-electron chi connectivity index (χ2n) is 5.05. The highest BCUT2D eigenvalue weighted by Gasteiger charge is 2.17. The number of anilines is 2. The highest BCUT2D eigenvalue weighted by Crippen LogP contribution is 2.25. The molecule has 3 rings (SSSR count). The van der Waals surface area contributed by atoms with Crippen molar-refractivity contribution in [1.82, 2.24) is 9.97 Å². The first-order valence-electron chi connectivity index (χ1n) is 7.36. The zero-order valence-corrected chi connectivity index (χ0v) is 14.8. The number of thiazole rings is 1. The molecular weight excluding hydrogens is 360 g/mol. The van der Waals surface area contributed by atoms with Crippen LogP contribution >= 0.6 is 24.0 Å². The molecule has 0 saturated carbocycles. The Morgan fingerprint density at radius 2 is 1.92 bits per heavy atom. The molecule has 0 atom stereocenters. The van der Waals surface area contributed by atoms with Gasteiger partial charge in [-0.3, -0.25) is 4.90 Å². The molecule has 0 fully saturated rings. The van der Waals surface area contributed by atoms with Crippen molar-refractivity contribution < 1.29 is 14.7 Å². The lowest BCUT2D eigenvalue weighted by Gasteiger charge is -2.20. The van der Waals surface area contributed by atoms with E-state index in [2.05, 4.69) is 27.9 Å². The summed E-state index contributed by atoms with van der Waals surface area (Å²) in [4.78, 5) is 34.3. The molecule has 0 bridgehead atoms. The number of carbonyl (C=O) groups excluding carboxylic acids is 1.